The maximum atomic E-state index is 11.2. The van der Waals surface area contributed by atoms with E-state index in [1.807, 2.05) is 32.8 Å². The van der Waals surface area contributed by atoms with Crippen LogP contribution in [-0.4, -0.2) is 28.5 Å². The Balaban J connectivity index is 0.000000921. The topological polar surface area (TPSA) is 58.1 Å². The minimum atomic E-state index is -0.382. The number of nitrogens with zero attached hydrogens (tertiary/aromatic N) is 2. The molecule has 0 unspecified atom stereocenters. The maximum Gasteiger partial charge on any atom is 0.328 e. The van der Waals surface area contributed by atoms with Crippen LogP contribution in [0.4, 0.5) is 0 Å². The van der Waals surface area contributed by atoms with E-state index < -0.39 is 0 Å². The van der Waals surface area contributed by atoms with Crippen molar-refractivity contribution >= 4 is 0 Å². The molecule has 5 heteroatoms. The third-order valence-corrected chi connectivity index (χ3v) is 1.67. The fourth-order valence-electron chi connectivity index (χ4n) is 1.07. The normalized spacial score (nSPS) is 9.73. The number of aromatic amines is 1. The van der Waals surface area contributed by atoms with Gasteiger partial charge in [-0.1, -0.05) is 13.8 Å². The van der Waals surface area contributed by atoms with E-state index in [4.69, 9.17) is 0 Å². The van der Waals surface area contributed by atoms with E-state index in [1.165, 1.54) is 4.57 Å². The quantitative estimate of drug-likeness (QED) is 0.761. The van der Waals surface area contributed by atoms with Gasteiger partial charge in [0.2, 0.25) is 0 Å². The smallest absolute Gasteiger partial charge is 0.305 e. The number of H-pyrrole nitrogens is 1. The molecular formula is C10H19N3O2. The second-order valence-corrected chi connectivity index (χ2v) is 3.26. The van der Waals surface area contributed by atoms with Crippen LogP contribution in [0, 0.1) is 0 Å². The molecule has 1 aromatic heterocycles. The molecule has 1 N–H and O–H groups in total. The first-order valence-electron chi connectivity index (χ1n) is 4.94. The van der Waals surface area contributed by atoms with Gasteiger partial charge in [-0.2, -0.15) is 0 Å². The van der Waals surface area contributed by atoms with Crippen molar-refractivity contribution in [1.82, 2.24) is 14.5 Å². The summed E-state index contributed by atoms with van der Waals surface area (Å²) in [6, 6.07) is 0. The molecule has 0 aromatic carbocycles. The Hall–Kier alpha value is -1.36. The van der Waals surface area contributed by atoms with Gasteiger partial charge in [0.05, 0.1) is 0 Å². The van der Waals surface area contributed by atoms with E-state index in [1.54, 1.807) is 13.2 Å². The second-order valence-electron chi connectivity index (χ2n) is 3.26. The molecule has 0 aliphatic rings. The molecule has 86 valence electrons. The number of hydrogen-bond acceptors (Lipinski definition) is 3. The Labute approximate surface area is 89.4 Å². The van der Waals surface area contributed by atoms with Gasteiger partial charge in [0, 0.05) is 25.4 Å². The van der Waals surface area contributed by atoms with Gasteiger partial charge < -0.3 is 9.47 Å². The largest absolute Gasteiger partial charge is 0.328 e. The van der Waals surface area contributed by atoms with E-state index in [2.05, 4.69) is 4.98 Å². The fourth-order valence-corrected chi connectivity index (χ4v) is 1.07. The van der Waals surface area contributed by atoms with Crippen molar-refractivity contribution < 1.29 is 0 Å². The molecule has 0 saturated heterocycles. The molecule has 15 heavy (non-hydrogen) atoms. The Morgan fingerprint density at radius 2 is 1.87 bits per heavy atom. The molecule has 5 nitrogen and oxygen atoms in total. The summed E-state index contributed by atoms with van der Waals surface area (Å²) in [6.07, 6.45) is 1.56. The predicted molar refractivity (Wildman–Crippen MR) is 61.0 cm³/mol. The monoisotopic (exact) mass is 213 g/mol. The highest BCUT2D eigenvalue weighted by Crippen LogP contribution is 1.90. The number of aryl methyl sites for hydroxylation is 1. The van der Waals surface area contributed by atoms with Gasteiger partial charge in [-0.05, 0) is 14.1 Å². The molecule has 0 amide bonds. The van der Waals surface area contributed by atoms with Crippen LogP contribution in [0.15, 0.2) is 15.8 Å². The van der Waals surface area contributed by atoms with E-state index in [0.717, 1.165) is 0 Å². The first-order valence-corrected chi connectivity index (χ1v) is 4.94. The summed E-state index contributed by atoms with van der Waals surface area (Å²) in [7, 11) is 5.34. The van der Waals surface area contributed by atoms with Gasteiger partial charge in [-0.15, -0.1) is 0 Å². The standard InChI is InChI=1S/C8H13N3O2.C2H6/c1-10(2)4-6-5-11(3)8(13)9-7(6)12;1-2/h5H,4H2,1-3H3,(H,9,12,13);1-2H3. The van der Waals surface area contributed by atoms with E-state index >= 15 is 0 Å². The number of hydrogen-bond donors (Lipinski definition) is 1. The molecule has 0 radical (unpaired) electrons. The molecule has 1 heterocycles. The molecule has 0 fully saturated rings. The third kappa shape index (κ3) is 4.12. The lowest BCUT2D eigenvalue weighted by Crippen LogP contribution is -2.31. The molecular weight excluding hydrogens is 194 g/mol. The van der Waals surface area contributed by atoms with Crippen LogP contribution in [0.3, 0.4) is 0 Å². The minimum Gasteiger partial charge on any atom is -0.305 e. The highest BCUT2D eigenvalue weighted by Gasteiger charge is 2.02. The number of aromatic nitrogens is 2. The Kier molecular flexibility index (Phi) is 5.62. The van der Waals surface area contributed by atoms with Crippen LogP contribution in [0.5, 0.6) is 0 Å². The summed E-state index contributed by atoms with van der Waals surface area (Å²) in [5, 5.41) is 0. The summed E-state index contributed by atoms with van der Waals surface area (Å²) in [4.78, 5) is 26.3. The van der Waals surface area contributed by atoms with E-state index in [0.29, 0.717) is 12.1 Å². The first kappa shape index (κ1) is 13.6. The van der Waals surface area contributed by atoms with Crippen LogP contribution in [0.1, 0.15) is 19.4 Å². The van der Waals surface area contributed by atoms with Crippen molar-refractivity contribution in [3.63, 3.8) is 0 Å². The maximum absolute atomic E-state index is 11.2. The van der Waals surface area contributed by atoms with Gasteiger partial charge in [-0.3, -0.25) is 9.78 Å². The Morgan fingerprint density at radius 3 is 2.33 bits per heavy atom. The zero-order valence-electron chi connectivity index (χ0n) is 10.00. The van der Waals surface area contributed by atoms with Crippen molar-refractivity contribution in [3.05, 3.63) is 32.6 Å². The van der Waals surface area contributed by atoms with Crippen LogP contribution < -0.4 is 11.2 Å². The lowest BCUT2D eigenvalue weighted by molar-refractivity contribution is 0.398. The summed E-state index contributed by atoms with van der Waals surface area (Å²) in [6.45, 7) is 4.53. The molecule has 0 spiro atoms. The fraction of sp³-hybridized carbons (Fsp3) is 0.600. The predicted octanol–water partition coefficient (Wildman–Crippen LogP) is 0.161. The first-order chi connectivity index (χ1) is 7.00. The lowest BCUT2D eigenvalue weighted by atomic mass is 10.3. The highest BCUT2D eigenvalue weighted by molar-refractivity contribution is 5.03. The van der Waals surface area contributed by atoms with Gasteiger partial charge in [0.25, 0.3) is 5.56 Å². The number of rotatable bonds is 2. The molecule has 1 aromatic rings. The average molecular weight is 213 g/mol. The molecule has 0 bridgehead atoms. The van der Waals surface area contributed by atoms with Gasteiger partial charge in [0.15, 0.2) is 0 Å². The van der Waals surface area contributed by atoms with Crippen molar-refractivity contribution in [2.24, 2.45) is 7.05 Å². The van der Waals surface area contributed by atoms with Crippen molar-refractivity contribution in [1.29, 1.82) is 0 Å². The molecule has 0 saturated carbocycles. The molecule has 1 rings (SSSR count). The van der Waals surface area contributed by atoms with Gasteiger partial charge in [0.1, 0.15) is 0 Å². The van der Waals surface area contributed by atoms with Gasteiger partial charge >= 0.3 is 5.69 Å². The summed E-state index contributed by atoms with van der Waals surface area (Å²) < 4.78 is 1.36. The van der Waals surface area contributed by atoms with Crippen molar-refractivity contribution in [3.8, 4) is 0 Å². The van der Waals surface area contributed by atoms with Crippen LogP contribution in [0.2, 0.25) is 0 Å². The molecule has 0 aliphatic heterocycles. The van der Waals surface area contributed by atoms with Crippen molar-refractivity contribution in [2.45, 2.75) is 20.4 Å². The lowest BCUT2D eigenvalue weighted by Gasteiger charge is -2.08. The zero-order chi connectivity index (χ0) is 12.0. The zero-order valence-corrected chi connectivity index (χ0v) is 10.00. The molecule has 0 aliphatic carbocycles. The van der Waals surface area contributed by atoms with Crippen LogP contribution in [-0.2, 0) is 13.6 Å². The number of nitrogens with one attached hydrogen (secondary N) is 1. The van der Waals surface area contributed by atoms with Gasteiger partial charge in [-0.25, -0.2) is 4.79 Å². The van der Waals surface area contributed by atoms with Crippen LogP contribution in [0.25, 0.3) is 0 Å². The second kappa shape index (κ2) is 6.19. The summed E-state index contributed by atoms with van der Waals surface area (Å²) in [5.74, 6) is 0. The van der Waals surface area contributed by atoms with Crippen LogP contribution >= 0.6 is 0 Å². The summed E-state index contributed by atoms with van der Waals surface area (Å²) >= 11 is 0. The highest BCUT2D eigenvalue weighted by atomic mass is 16.2. The Morgan fingerprint density at radius 1 is 1.33 bits per heavy atom. The Bertz CT molecular complexity index is 404. The average Bonchev–Trinajstić information content (AvgIpc) is 2.17. The third-order valence-electron chi connectivity index (χ3n) is 1.67. The van der Waals surface area contributed by atoms with E-state index in [9.17, 15) is 9.59 Å². The van der Waals surface area contributed by atoms with E-state index in [-0.39, 0.29) is 11.2 Å². The summed E-state index contributed by atoms with van der Waals surface area (Å²) in [5.41, 5.74) is -0.101. The van der Waals surface area contributed by atoms with Crippen molar-refractivity contribution in [2.75, 3.05) is 14.1 Å². The minimum absolute atomic E-state index is 0.309. The SMILES string of the molecule is CC.CN(C)Cc1cn(C)c(=O)[nH]c1=O. The molecule has 0 atom stereocenters.